The molecule has 1 unspecified atom stereocenters. The van der Waals surface area contributed by atoms with Crippen LogP contribution in [0.5, 0.6) is 0 Å². The molecule has 4 heterocycles. The van der Waals surface area contributed by atoms with Crippen LogP contribution in [0.3, 0.4) is 0 Å². The lowest BCUT2D eigenvalue weighted by molar-refractivity contribution is -0.133. The largest absolute Gasteiger partial charge is 0.377 e. The van der Waals surface area contributed by atoms with E-state index in [-0.39, 0.29) is 5.91 Å². The number of nitrogens with zero attached hydrogens (tertiary/aromatic N) is 3. The molecule has 1 aromatic carbocycles. The van der Waals surface area contributed by atoms with Crippen LogP contribution in [0.1, 0.15) is 16.1 Å². The van der Waals surface area contributed by atoms with Gasteiger partial charge in [0.1, 0.15) is 5.60 Å². The first-order valence-electron chi connectivity index (χ1n) is 10.0. The van der Waals surface area contributed by atoms with E-state index in [2.05, 4.69) is 20.1 Å². The minimum Gasteiger partial charge on any atom is -0.377 e. The summed E-state index contributed by atoms with van der Waals surface area (Å²) in [6.45, 7) is 5.04. The van der Waals surface area contributed by atoms with Gasteiger partial charge in [-0.3, -0.25) is 14.8 Å². The van der Waals surface area contributed by atoms with Crippen molar-refractivity contribution in [3.63, 3.8) is 0 Å². The molecule has 0 aliphatic carbocycles. The topological polar surface area (TPSA) is 86.5 Å². The van der Waals surface area contributed by atoms with Gasteiger partial charge in [-0.2, -0.15) is 5.10 Å². The van der Waals surface area contributed by atoms with Gasteiger partial charge in [0.25, 0.3) is 5.91 Å². The molecule has 3 aromatic rings. The number of aromatic amines is 2. The Labute approximate surface area is 168 Å². The Morgan fingerprint density at radius 2 is 2.10 bits per heavy atom. The molecule has 1 amide bonds. The van der Waals surface area contributed by atoms with Gasteiger partial charge in [0.2, 0.25) is 0 Å². The maximum absolute atomic E-state index is 13.3. The van der Waals surface area contributed by atoms with Gasteiger partial charge in [-0.25, -0.2) is 0 Å². The van der Waals surface area contributed by atoms with Crippen LogP contribution in [0, 0.1) is 0 Å². The number of aromatic nitrogens is 3. The highest BCUT2D eigenvalue weighted by Crippen LogP contribution is 2.26. The molecule has 5 rings (SSSR count). The van der Waals surface area contributed by atoms with E-state index in [9.17, 15) is 4.79 Å². The van der Waals surface area contributed by atoms with E-state index in [0.29, 0.717) is 45.0 Å². The smallest absolute Gasteiger partial charge is 0.256 e. The average molecular weight is 395 g/mol. The average Bonchev–Trinajstić information content (AvgIpc) is 3.36. The van der Waals surface area contributed by atoms with Crippen molar-refractivity contribution in [3.8, 4) is 0 Å². The lowest BCUT2D eigenvalue weighted by atomic mass is 10.0. The number of carbonyl (C=O) groups excluding carboxylic acids is 1. The van der Waals surface area contributed by atoms with Crippen LogP contribution in [0.2, 0.25) is 0 Å². The summed E-state index contributed by atoms with van der Waals surface area (Å²) in [7, 11) is 0. The predicted octanol–water partition coefficient (Wildman–Crippen LogP) is 1.63. The number of benzene rings is 1. The maximum atomic E-state index is 13.3. The molecule has 2 N–H and O–H groups in total. The first-order chi connectivity index (χ1) is 14.2. The van der Waals surface area contributed by atoms with Gasteiger partial charge in [-0.1, -0.05) is 18.2 Å². The van der Waals surface area contributed by atoms with E-state index >= 15 is 0 Å². The van der Waals surface area contributed by atoms with Crippen LogP contribution in [0.4, 0.5) is 0 Å². The van der Waals surface area contributed by atoms with E-state index in [1.807, 2.05) is 41.4 Å². The van der Waals surface area contributed by atoms with Gasteiger partial charge in [-0.15, -0.1) is 0 Å². The van der Waals surface area contributed by atoms with Gasteiger partial charge >= 0.3 is 0 Å². The van der Waals surface area contributed by atoms with Crippen molar-refractivity contribution in [2.75, 3.05) is 46.0 Å². The molecule has 2 aromatic heterocycles. The van der Waals surface area contributed by atoms with Gasteiger partial charge < -0.3 is 19.4 Å². The summed E-state index contributed by atoms with van der Waals surface area (Å²) in [5.41, 5.74) is 2.23. The summed E-state index contributed by atoms with van der Waals surface area (Å²) in [6, 6.07) is 9.87. The molecule has 152 valence electrons. The van der Waals surface area contributed by atoms with Crippen LogP contribution in [0.25, 0.3) is 10.9 Å². The zero-order valence-corrected chi connectivity index (χ0v) is 16.3. The Hall–Kier alpha value is -2.68. The summed E-state index contributed by atoms with van der Waals surface area (Å²) >= 11 is 0. The highest BCUT2D eigenvalue weighted by atomic mass is 16.5. The summed E-state index contributed by atoms with van der Waals surface area (Å²) in [4.78, 5) is 20.7. The molecular weight excluding hydrogens is 370 g/mol. The molecule has 29 heavy (non-hydrogen) atoms. The molecule has 2 fully saturated rings. The third kappa shape index (κ3) is 3.66. The predicted molar refractivity (Wildman–Crippen MR) is 108 cm³/mol. The molecule has 0 saturated carbocycles. The highest BCUT2D eigenvalue weighted by molar-refractivity contribution is 6.06. The number of para-hydroxylation sites is 1. The Kier molecular flexibility index (Phi) is 4.83. The maximum Gasteiger partial charge on any atom is 0.256 e. The number of ether oxygens (including phenoxy) is 2. The fourth-order valence-electron chi connectivity index (χ4n) is 4.35. The van der Waals surface area contributed by atoms with E-state index < -0.39 is 5.60 Å². The van der Waals surface area contributed by atoms with Crippen LogP contribution >= 0.6 is 0 Å². The lowest BCUT2D eigenvalue weighted by Crippen LogP contribution is -2.59. The molecule has 2 saturated heterocycles. The molecule has 0 radical (unpaired) electrons. The molecule has 8 heteroatoms. The Morgan fingerprint density at radius 3 is 3.00 bits per heavy atom. The zero-order valence-electron chi connectivity index (χ0n) is 16.3. The number of fused-ring (bicyclic) bond motifs is 1. The number of H-pyrrole nitrogens is 2. The minimum absolute atomic E-state index is 0.0366. The molecule has 0 bridgehead atoms. The second-order valence-electron chi connectivity index (χ2n) is 7.85. The molecule has 1 spiro atoms. The number of nitrogens with one attached hydrogen (secondary N) is 2. The standard InChI is InChI=1S/C21H25N5O3/c27-20(18-11-22-19-4-2-1-3-17(18)19)26-8-10-29-21(14-26)13-25(7-9-28-15-21)12-16-5-6-23-24-16/h1-6,11,22H,7-10,12-15H2,(H,23,24). The normalized spacial score (nSPS) is 23.5. The van der Waals surface area contributed by atoms with Crippen LogP contribution < -0.4 is 0 Å². The monoisotopic (exact) mass is 395 g/mol. The SMILES string of the molecule is O=C(c1c[nH]c2ccccc12)N1CCOC2(COCCN(Cc3ccn[nH]3)C2)C1. The zero-order chi connectivity index (χ0) is 19.7. The molecular formula is C21H25N5O3. The van der Waals surface area contributed by atoms with Crippen molar-refractivity contribution < 1.29 is 14.3 Å². The lowest BCUT2D eigenvalue weighted by Gasteiger charge is -2.43. The summed E-state index contributed by atoms with van der Waals surface area (Å²) in [5, 5.41) is 8.01. The third-order valence-corrected chi connectivity index (χ3v) is 5.74. The third-order valence-electron chi connectivity index (χ3n) is 5.74. The number of hydrogen-bond donors (Lipinski definition) is 2. The minimum atomic E-state index is -0.517. The molecule has 1 atom stereocenters. The highest BCUT2D eigenvalue weighted by Gasteiger charge is 2.42. The summed E-state index contributed by atoms with van der Waals surface area (Å²) in [5.74, 6) is 0.0366. The van der Waals surface area contributed by atoms with E-state index in [1.165, 1.54) is 0 Å². The van der Waals surface area contributed by atoms with Crippen LogP contribution in [0.15, 0.2) is 42.7 Å². The first-order valence-corrected chi connectivity index (χ1v) is 10.0. The Balaban J connectivity index is 1.35. The van der Waals surface area contributed by atoms with Gasteiger partial charge in [0.15, 0.2) is 0 Å². The second-order valence-corrected chi connectivity index (χ2v) is 7.85. The number of rotatable bonds is 3. The van der Waals surface area contributed by atoms with Crippen LogP contribution in [-0.2, 0) is 16.0 Å². The molecule has 8 nitrogen and oxygen atoms in total. The van der Waals surface area contributed by atoms with Crippen molar-refractivity contribution in [2.24, 2.45) is 0 Å². The van der Waals surface area contributed by atoms with Crippen molar-refractivity contribution in [3.05, 3.63) is 54.0 Å². The summed E-state index contributed by atoms with van der Waals surface area (Å²) in [6.07, 6.45) is 3.57. The Bertz CT molecular complexity index is 985. The number of morpholine rings is 1. The van der Waals surface area contributed by atoms with E-state index in [4.69, 9.17) is 9.47 Å². The number of hydrogen-bond acceptors (Lipinski definition) is 5. The van der Waals surface area contributed by atoms with Crippen molar-refractivity contribution in [1.82, 2.24) is 25.0 Å². The quantitative estimate of drug-likeness (QED) is 0.704. The van der Waals surface area contributed by atoms with Crippen molar-refractivity contribution in [2.45, 2.75) is 12.1 Å². The van der Waals surface area contributed by atoms with Crippen LogP contribution in [-0.4, -0.2) is 82.5 Å². The van der Waals surface area contributed by atoms with Gasteiger partial charge in [-0.05, 0) is 12.1 Å². The van der Waals surface area contributed by atoms with E-state index in [0.717, 1.165) is 29.7 Å². The van der Waals surface area contributed by atoms with Crippen molar-refractivity contribution in [1.29, 1.82) is 0 Å². The molecule has 2 aliphatic rings. The summed E-state index contributed by atoms with van der Waals surface area (Å²) < 4.78 is 12.1. The molecule has 2 aliphatic heterocycles. The van der Waals surface area contributed by atoms with Gasteiger partial charge in [0.05, 0.1) is 31.9 Å². The number of carbonyl (C=O) groups is 1. The number of amides is 1. The van der Waals surface area contributed by atoms with Gasteiger partial charge in [0, 0.05) is 55.2 Å². The first kappa shape index (κ1) is 18.4. The Morgan fingerprint density at radius 1 is 1.17 bits per heavy atom. The van der Waals surface area contributed by atoms with E-state index in [1.54, 1.807) is 6.20 Å². The fourth-order valence-corrected chi connectivity index (χ4v) is 4.35. The fraction of sp³-hybridized carbons (Fsp3) is 0.429. The second kappa shape index (κ2) is 7.62. The van der Waals surface area contributed by atoms with Crippen molar-refractivity contribution >= 4 is 16.8 Å².